The summed E-state index contributed by atoms with van der Waals surface area (Å²) in [5.41, 5.74) is 0.807. The van der Waals surface area contributed by atoms with E-state index in [1.165, 1.54) is 12.1 Å². The second-order valence-electron chi connectivity index (χ2n) is 5.29. The van der Waals surface area contributed by atoms with E-state index in [4.69, 9.17) is 0 Å². The van der Waals surface area contributed by atoms with Gasteiger partial charge >= 0.3 is 0 Å². The zero-order valence-electron chi connectivity index (χ0n) is 13.1. The largest absolute Gasteiger partial charge is 0.300 e. The topological polar surface area (TPSA) is 101 Å². The standard InChI is InChI=1S/C14H17FN4O3S2/c1-9(2)12(20)17-13-18-19-14(23-13)24(21,22)16-8-7-10-3-5-11(15)6-4-10/h3-6,9,16H,7-8H2,1-2H3,(H,17,18,20). The molecule has 0 aliphatic rings. The number of carbonyl (C=O) groups excluding carboxylic acids is 1. The molecule has 1 heterocycles. The summed E-state index contributed by atoms with van der Waals surface area (Å²) < 4.78 is 39.3. The van der Waals surface area contributed by atoms with Crippen LogP contribution in [0.4, 0.5) is 9.52 Å². The molecule has 0 fully saturated rings. The van der Waals surface area contributed by atoms with Gasteiger partial charge in [0.25, 0.3) is 10.0 Å². The number of anilines is 1. The van der Waals surface area contributed by atoms with Crippen LogP contribution in [0.2, 0.25) is 0 Å². The minimum Gasteiger partial charge on any atom is -0.300 e. The molecule has 2 rings (SSSR count). The molecular formula is C14H17FN4O3S2. The van der Waals surface area contributed by atoms with Crippen LogP contribution in [0.1, 0.15) is 19.4 Å². The molecule has 0 saturated carbocycles. The maximum Gasteiger partial charge on any atom is 0.269 e. The molecule has 2 aromatic rings. The van der Waals surface area contributed by atoms with E-state index in [0.29, 0.717) is 6.42 Å². The van der Waals surface area contributed by atoms with Gasteiger partial charge in [-0.15, -0.1) is 10.2 Å². The molecule has 0 aliphatic carbocycles. The molecule has 0 aliphatic heterocycles. The van der Waals surface area contributed by atoms with Crippen molar-refractivity contribution >= 4 is 32.4 Å². The molecule has 1 aromatic heterocycles. The number of nitrogens with zero attached hydrogens (tertiary/aromatic N) is 2. The van der Waals surface area contributed by atoms with Crippen molar-refractivity contribution in [3.05, 3.63) is 35.6 Å². The molecule has 10 heteroatoms. The van der Waals surface area contributed by atoms with Crippen molar-refractivity contribution in [2.24, 2.45) is 5.92 Å². The van der Waals surface area contributed by atoms with E-state index in [1.807, 2.05) is 0 Å². The molecule has 0 spiro atoms. The number of benzene rings is 1. The number of sulfonamides is 1. The van der Waals surface area contributed by atoms with Crippen molar-refractivity contribution in [3.8, 4) is 0 Å². The Balaban J connectivity index is 1.94. The lowest BCUT2D eigenvalue weighted by Gasteiger charge is -2.04. The van der Waals surface area contributed by atoms with Gasteiger partial charge in [-0.05, 0) is 24.1 Å². The zero-order chi connectivity index (χ0) is 17.7. The summed E-state index contributed by atoms with van der Waals surface area (Å²) in [7, 11) is -3.80. The average molecular weight is 372 g/mol. The van der Waals surface area contributed by atoms with Gasteiger partial charge in [0.05, 0.1) is 0 Å². The van der Waals surface area contributed by atoms with Gasteiger partial charge in [0.1, 0.15) is 5.82 Å². The number of rotatable bonds is 7. The Bertz CT molecular complexity index is 804. The van der Waals surface area contributed by atoms with E-state index >= 15 is 0 Å². The molecule has 1 aromatic carbocycles. The Morgan fingerprint density at radius 3 is 2.54 bits per heavy atom. The highest BCUT2D eigenvalue weighted by molar-refractivity contribution is 7.91. The summed E-state index contributed by atoms with van der Waals surface area (Å²) in [6.07, 6.45) is 0.412. The number of halogens is 1. The number of nitrogens with one attached hydrogen (secondary N) is 2. The summed E-state index contributed by atoms with van der Waals surface area (Å²) in [5.74, 6) is -0.855. The molecule has 0 unspecified atom stereocenters. The number of carbonyl (C=O) groups is 1. The number of hydrogen-bond donors (Lipinski definition) is 2. The Labute approximate surface area is 143 Å². The molecule has 24 heavy (non-hydrogen) atoms. The predicted molar refractivity (Wildman–Crippen MR) is 88.7 cm³/mol. The highest BCUT2D eigenvalue weighted by Crippen LogP contribution is 2.20. The first-order valence-corrected chi connectivity index (χ1v) is 9.46. The fraction of sp³-hybridized carbons (Fsp3) is 0.357. The SMILES string of the molecule is CC(C)C(=O)Nc1nnc(S(=O)(=O)NCCc2ccc(F)cc2)s1. The maximum absolute atomic E-state index is 12.8. The van der Waals surface area contributed by atoms with Crippen molar-refractivity contribution in [2.45, 2.75) is 24.6 Å². The van der Waals surface area contributed by atoms with E-state index < -0.39 is 10.0 Å². The minimum absolute atomic E-state index is 0.132. The van der Waals surface area contributed by atoms with Crippen LogP contribution >= 0.6 is 11.3 Å². The van der Waals surface area contributed by atoms with Crippen LogP contribution in [0.5, 0.6) is 0 Å². The van der Waals surface area contributed by atoms with E-state index in [9.17, 15) is 17.6 Å². The zero-order valence-corrected chi connectivity index (χ0v) is 14.7. The van der Waals surface area contributed by atoms with E-state index in [2.05, 4.69) is 20.2 Å². The average Bonchev–Trinajstić information content (AvgIpc) is 2.98. The molecule has 2 N–H and O–H groups in total. The van der Waals surface area contributed by atoms with Crippen LogP contribution in [-0.2, 0) is 21.2 Å². The quantitative estimate of drug-likeness (QED) is 0.722. The van der Waals surface area contributed by atoms with E-state index in [-0.39, 0.29) is 33.7 Å². The Morgan fingerprint density at radius 2 is 1.92 bits per heavy atom. The van der Waals surface area contributed by atoms with Crippen molar-refractivity contribution in [3.63, 3.8) is 0 Å². The third-order valence-corrected chi connectivity index (χ3v) is 5.68. The Kier molecular flexibility index (Phi) is 5.97. The maximum atomic E-state index is 12.8. The fourth-order valence-electron chi connectivity index (χ4n) is 1.66. The van der Waals surface area contributed by atoms with Gasteiger partial charge in [-0.3, -0.25) is 4.79 Å². The summed E-state index contributed by atoms with van der Waals surface area (Å²) in [4.78, 5) is 11.6. The smallest absolute Gasteiger partial charge is 0.269 e. The van der Waals surface area contributed by atoms with Crippen molar-refractivity contribution in [1.29, 1.82) is 0 Å². The number of amides is 1. The van der Waals surface area contributed by atoms with Crippen LogP contribution in [-0.4, -0.2) is 31.1 Å². The van der Waals surface area contributed by atoms with Crippen LogP contribution in [0, 0.1) is 11.7 Å². The lowest BCUT2D eigenvalue weighted by molar-refractivity contribution is -0.118. The Morgan fingerprint density at radius 1 is 1.25 bits per heavy atom. The third-order valence-electron chi connectivity index (χ3n) is 3.01. The normalized spacial score (nSPS) is 11.7. The summed E-state index contributed by atoms with van der Waals surface area (Å²) in [6, 6.07) is 5.82. The molecule has 130 valence electrons. The molecule has 0 saturated heterocycles. The lowest BCUT2D eigenvalue weighted by atomic mass is 10.1. The first-order chi connectivity index (χ1) is 11.3. The van der Waals surface area contributed by atoms with E-state index in [0.717, 1.165) is 16.9 Å². The molecule has 7 nitrogen and oxygen atoms in total. The fourth-order valence-corrected chi connectivity index (χ4v) is 3.64. The molecule has 0 bridgehead atoms. The lowest BCUT2D eigenvalue weighted by Crippen LogP contribution is -2.25. The highest BCUT2D eigenvalue weighted by atomic mass is 32.2. The molecule has 1 amide bonds. The second-order valence-corrected chi connectivity index (χ2v) is 8.21. The first kappa shape index (κ1) is 18.4. The molecule has 0 radical (unpaired) electrons. The third kappa shape index (κ3) is 5.05. The van der Waals surface area contributed by atoms with Crippen molar-refractivity contribution in [2.75, 3.05) is 11.9 Å². The second kappa shape index (κ2) is 7.77. The minimum atomic E-state index is -3.80. The van der Waals surface area contributed by atoms with Crippen LogP contribution in [0.3, 0.4) is 0 Å². The number of aromatic nitrogens is 2. The van der Waals surface area contributed by atoms with Gasteiger partial charge in [-0.1, -0.05) is 37.3 Å². The van der Waals surface area contributed by atoms with Crippen molar-refractivity contribution < 1.29 is 17.6 Å². The van der Waals surface area contributed by atoms with Gasteiger partial charge in [0, 0.05) is 12.5 Å². The van der Waals surface area contributed by atoms with Gasteiger partial charge < -0.3 is 5.32 Å². The van der Waals surface area contributed by atoms with Gasteiger partial charge in [-0.2, -0.15) is 0 Å². The highest BCUT2D eigenvalue weighted by Gasteiger charge is 2.20. The van der Waals surface area contributed by atoms with Crippen LogP contribution < -0.4 is 10.0 Å². The summed E-state index contributed by atoms with van der Waals surface area (Å²) >= 11 is 0.780. The van der Waals surface area contributed by atoms with Crippen LogP contribution in [0.15, 0.2) is 28.6 Å². The molecule has 0 atom stereocenters. The van der Waals surface area contributed by atoms with E-state index in [1.54, 1.807) is 26.0 Å². The first-order valence-electron chi connectivity index (χ1n) is 7.16. The van der Waals surface area contributed by atoms with Crippen LogP contribution in [0.25, 0.3) is 0 Å². The monoisotopic (exact) mass is 372 g/mol. The number of hydrogen-bond acceptors (Lipinski definition) is 6. The van der Waals surface area contributed by atoms with Gasteiger partial charge in [0.2, 0.25) is 15.4 Å². The summed E-state index contributed by atoms with van der Waals surface area (Å²) in [6.45, 7) is 3.57. The van der Waals surface area contributed by atoms with Gasteiger partial charge in [0.15, 0.2) is 0 Å². The predicted octanol–water partition coefficient (Wildman–Crippen LogP) is 1.79. The van der Waals surface area contributed by atoms with Crippen molar-refractivity contribution in [1.82, 2.24) is 14.9 Å². The summed E-state index contributed by atoms with van der Waals surface area (Å²) in [5, 5.41) is 9.88. The van der Waals surface area contributed by atoms with Gasteiger partial charge in [-0.25, -0.2) is 17.5 Å². The molecular weight excluding hydrogens is 355 g/mol. The Hall–Kier alpha value is -1.91.